The van der Waals surface area contributed by atoms with E-state index in [0.29, 0.717) is 5.75 Å². The monoisotopic (exact) mass is 396 g/mol. The number of aromatic hydroxyl groups is 1. The van der Waals surface area contributed by atoms with E-state index in [-0.39, 0.29) is 5.60 Å². The second kappa shape index (κ2) is 10.7. The van der Waals surface area contributed by atoms with Crippen LogP contribution in [0.2, 0.25) is 0 Å². The average Bonchev–Trinajstić information content (AvgIpc) is 2.64. The predicted molar refractivity (Wildman–Crippen MR) is 125 cm³/mol. The van der Waals surface area contributed by atoms with Crippen LogP contribution in [0, 0.1) is 6.92 Å². The van der Waals surface area contributed by atoms with E-state index in [2.05, 4.69) is 52.8 Å². The van der Waals surface area contributed by atoms with Crippen molar-refractivity contribution in [3.63, 3.8) is 0 Å². The molecule has 2 nitrogen and oxygen atoms in total. The molecule has 0 fully saturated rings. The van der Waals surface area contributed by atoms with Crippen LogP contribution < -0.4 is 4.74 Å². The summed E-state index contributed by atoms with van der Waals surface area (Å²) in [5.41, 5.74) is 6.39. The Balaban J connectivity index is 1.78. The van der Waals surface area contributed by atoms with Gasteiger partial charge in [-0.15, -0.1) is 0 Å². The van der Waals surface area contributed by atoms with E-state index in [1.54, 1.807) is 6.07 Å². The summed E-state index contributed by atoms with van der Waals surface area (Å²) in [5.74, 6) is 1.32. The maximum atomic E-state index is 9.91. The van der Waals surface area contributed by atoms with Crippen molar-refractivity contribution in [2.75, 3.05) is 0 Å². The Bertz CT molecular complexity index is 778. The Labute approximate surface area is 178 Å². The Morgan fingerprint density at radius 2 is 1.62 bits per heavy atom. The van der Waals surface area contributed by atoms with Gasteiger partial charge in [-0.1, -0.05) is 34.9 Å². The van der Waals surface area contributed by atoms with Gasteiger partial charge in [0.1, 0.15) is 17.1 Å². The first-order valence-corrected chi connectivity index (χ1v) is 11.2. The molecular weight excluding hydrogens is 356 g/mol. The molecule has 2 heteroatoms. The van der Waals surface area contributed by atoms with E-state index in [0.717, 1.165) is 56.3 Å². The highest BCUT2D eigenvalue weighted by Gasteiger charge is 2.31. The topological polar surface area (TPSA) is 29.5 Å². The van der Waals surface area contributed by atoms with Crippen molar-refractivity contribution >= 4 is 0 Å². The third kappa shape index (κ3) is 7.42. The van der Waals surface area contributed by atoms with Gasteiger partial charge in [-0.25, -0.2) is 0 Å². The molecule has 1 N–H and O–H groups in total. The molecule has 0 aromatic heterocycles. The van der Waals surface area contributed by atoms with Crippen LogP contribution in [0.1, 0.15) is 90.7 Å². The molecule has 29 heavy (non-hydrogen) atoms. The lowest BCUT2D eigenvalue weighted by Crippen LogP contribution is -2.36. The van der Waals surface area contributed by atoms with E-state index in [9.17, 15) is 5.11 Å². The SMILES string of the molecule is CC(C)=CCC/C(C)=C/CC/C(C)=C/CC[C@]1(C)CCc2c(ccc(O)c2C)O1. The Morgan fingerprint density at radius 3 is 2.28 bits per heavy atom. The number of hydrogen-bond donors (Lipinski definition) is 1. The highest BCUT2D eigenvalue weighted by Crippen LogP contribution is 2.39. The molecule has 0 saturated carbocycles. The zero-order chi connectivity index (χ0) is 21.4. The summed E-state index contributed by atoms with van der Waals surface area (Å²) in [5, 5.41) is 9.91. The maximum absolute atomic E-state index is 9.91. The molecule has 2 rings (SSSR count). The van der Waals surface area contributed by atoms with Crippen LogP contribution in [0.5, 0.6) is 11.5 Å². The highest BCUT2D eigenvalue weighted by atomic mass is 16.5. The number of allylic oxidation sites excluding steroid dienone is 6. The minimum absolute atomic E-state index is 0.116. The van der Waals surface area contributed by atoms with E-state index in [1.807, 2.05) is 13.0 Å². The first-order chi connectivity index (χ1) is 13.7. The summed E-state index contributed by atoms with van der Waals surface area (Å²) in [6, 6.07) is 3.67. The van der Waals surface area contributed by atoms with Gasteiger partial charge in [0, 0.05) is 5.56 Å². The van der Waals surface area contributed by atoms with Crippen molar-refractivity contribution in [3.05, 3.63) is 58.2 Å². The summed E-state index contributed by atoms with van der Waals surface area (Å²) in [6.45, 7) is 13.0. The van der Waals surface area contributed by atoms with Crippen LogP contribution in [-0.2, 0) is 6.42 Å². The zero-order valence-corrected chi connectivity index (χ0v) is 19.4. The van der Waals surface area contributed by atoms with Gasteiger partial charge in [-0.2, -0.15) is 0 Å². The second-order valence-electron chi connectivity index (χ2n) is 9.24. The minimum Gasteiger partial charge on any atom is -0.508 e. The Hall–Kier alpha value is -1.96. The molecule has 0 radical (unpaired) electrons. The molecular formula is C27H40O2. The van der Waals surface area contributed by atoms with Gasteiger partial charge in [-0.05, 0) is 111 Å². The van der Waals surface area contributed by atoms with E-state index < -0.39 is 0 Å². The molecule has 1 aromatic rings. The lowest BCUT2D eigenvalue weighted by Gasteiger charge is -2.36. The van der Waals surface area contributed by atoms with Crippen LogP contribution in [-0.4, -0.2) is 10.7 Å². The number of ether oxygens (including phenoxy) is 1. The van der Waals surface area contributed by atoms with Crippen molar-refractivity contribution in [1.82, 2.24) is 0 Å². The quantitative estimate of drug-likeness (QED) is 0.429. The van der Waals surface area contributed by atoms with Crippen LogP contribution in [0.25, 0.3) is 0 Å². The molecule has 1 atom stereocenters. The molecule has 0 saturated heterocycles. The minimum atomic E-state index is -0.116. The van der Waals surface area contributed by atoms with Crippen molar-refractivity contribution in [2.45, 2.75) is 98.5 Å². The smallest absolute Gasteiger partial charge is 0.123 e. The number of hydrogen-bond acceptors (Lipinski definition) is 2. The molecule has 1 heterocycles. The Kier molecular flexibility index (Phi) is 8.61. The number of phenolic OH excluding ortho intramolecular Hbond substituents is 1. The molecule has 0 unspecified atom stereocenters. The van der Waals surface area contributed by atoms with Gasteiger partial charge in [-0.3, -0.25) is 0 Å². The number of rotatable bonds is 9. The zero-order valence-electron chi connectivity index (χ0n) is 19.4. The maximum Gasteiger partial charge on any atom is 0.123 e. The van der Waals surface area contributed by atoms with E-state index in [1.165, 1.54) is 28.7 Å². The van der Waals surface area contributed by atoms with E-state index in [4.69, 9.17) is 4.74 Å². The lowest BCUT2D eigenvalue weighted by molar-refractivity contribution is 0.0568. The fourth-order valence-corrected chi connectivity index (χ4v) is 3.97. The summed E-state index contributed by atoms with van der Waals surface area (Å²) in [4.78, 5) is 0. The molecule has 0 aliphatic carbocycles. The summed E-state index contributed by atoms with van der Waals surface area (Å²) >= 11 is 0. The van der Waals surface area contributed by atoms with Gasteiger partial charge in [0.25, 0.3) is 0 Å². The molecule has 0 bridgehead atoms. The molecule has 1 aromatic carbocycles. The van der Waals surface area contributed by atoms with Gasteiger partial charge in [0.05, 0.1) is 0 Å². The average molecular weight is 397 g/mol. The molecule has 0 amide bonds. The summed E-state index contributed by atoms with van der Waals surface area (Å²) < 4.78 is 6.35. The Morgan fingerprint density at radius 1 is 1.00 bits per heavy atom. The fraction of sp³-hybridized carbons (Fsp3) is 0.556. The predicted octanol–water partition coefficient (Wildman–Crippen LogP) is 7.98. The van der Waals surface area contributed by atoms with Crippen molar-refractivity contribution in [3.8, 4) is 11.5 Å². The van der Waals surface area contributed by atoms with Gasteiger partial charge in [0.15, 0.2) is 0 Å². The van der Waals surface area contributed by atoms with Crippen molar-refractivity contribution in [2.24, 2.45) is 0 Å². The summed E-state index contributed by atoms with van der Waals surface area (Å²) in [7, 11) is 0. The number of phenols is 1. The van der Waals surface area contributed by atoms with Crippen LogP contribution in [0.15, 0.2) is 47.1 Å². The first-order valence-electron chi connectivity index (χ1n) is 11.2. The normalized spacial score (nSPS) is 19.5. The summed E-state index contributed by atoms with van der Waals surface area (Å²) in [6.07, 6.45) is 15.8. The third-order valence-corrected chi connectivity index (χ3v) is 6.08. The third-order valence-electron chi connectivity index (χ3n) is 6.08. The molecule has 160 valence electrons. The standard InChI is InChI=1S/C27H40O2/c1-20(2)10-7-11-21(3)12-8-13-22(4)14-9-18-27(6)19-17-24-23(5)25(28)15-16-26(24)29-27/h10,12,14-16,28H,7-9,11,13,17-19H2,1-6H3/b21-12+,22-14+/t27-/m1/s1. The van der Waals surface area contributed by atoms with Crippen LogP contribution in [0.4, 0.5) is 0 Å². The van der Waals surface area contributed by atoms with Crippen molar-refractivity contribution in [1.29, 1.82) is 0 Å². The van der Waals surface area contributed by atoms with Crippen molar-refractivity contribution < 1.29 is 9.84 Å². The van der Waals surface area contributed by atoms with Gasteiger partial charge in [0.2, 0.25) is 0 Å². The van der Waals surface area contributed by atoms with Gasteiger partial charge < -0.3 is 9.84 Å². The largest absolute Gasteiger partial charge is 0.508 e. The highest BCUT2D eigenvalue weighted by molar-refractivity contribution is 5.48. The van der Waals surface area contributed by atoms with Gasteiger partial charge >= 0.3 is 0 Å². The first kappa shape index (κ1) is 23.3. The lowest BCUT2D eigenvalue weighted by atomic mass is 9.87. The van der Waals surface area contributed by atoms with E-state index >= 15 is 0 Å². The van der Waals surface area contributed by atoms with Crippen LogP contribution >= 0.6 is 0 Å². The second-order valence-corrected chi connectivity index (χ2v) is 9.24. The molecule has 1 aliphatic heterocycles. The molecule has 0 spiro atoms. The number of benzene rings is 1. The number of fused-ring (bicyclic) bond motifs is 1. The van der Waals surface area contributed by atoms with Crippen LogP contribution in [0.3, 0.4) is 0 Å². The molecule has 1 aliphatic rings. The fourth-order valence-electron chi connectivity index (χ4n) is 3.97.